The molecule has 0 saturated heterocycles. The van der Waals surface area contributed by atoms with Crippen LogP contribution in [-0.2, 0) is 17.8 Å². The summed E-state index contributed by atoms with van der Waals surface area (Å²) in [6, 6.07) is 6.56. The highest BCUT2D eigenvalue weighted by Gasteiger charge is 2.29. The highest BCUT2D eigenvalue weighted by molar-refractivity contribution is 9.10. The number of alkyl halides is 3. The van der Waals surface area contributed by atoms with E-state index < -0.39 is 12.8 Å². The number of nitrogens with one attached hydrogen (secondary N) is 1. The van der Waals surface area contributed by atoms with Crippen LogP contribution in [0.1, 0.15) is 25.0 Å². The summed E-state index contributed by atoms with van der Waals surface area (Å²) < 4.78 is 53.7. The molecule has 2 rings (SSSR count). The Morgan fingerprint density at radius 2 is 1.77 bits per heavy atom. The summed E-state index contributed by atoms with van der Waals surface area (Å²) >= 11 is 3.43. The van der Waals surface area contributed by atoms with Crippen molar-refractivity contribution >= 4 is 21.8 Å². The number of nitrogens with zero attached hydrogens (tertiary/aromatic N) is 1. The Bertz CT molecular complexity index is 862. The van der Waals surface area contributed by atoms with Crippen molar-refractivity contribution in [2.24, 2.45) is 0 Å². The Labute approximate surface area is 180 Å². The van der Waals surface area contributed by atoms with Crippen molar-refractivity contribution in [3.8, 4) is 17.4 Å². The lowest BCUT2D eigenvalue weighted by Crippen LogP contribution is -2.26. The first-order valence-corrected chi connectivity index (χ1v) is 10.0. The fourth-order valence-corrected chi connectivity index (χ4v) is 2.98. The van der Waals surface area contributed by atoms with Gasteiger partial charge in [0, 0.05) is 22.8 Å². The number of hydrogen-bond donors (Lipinski definition) is 1. The number of aromatic nitrogens is 1. The molecule has 2 aromatic rings. The van der Waals surface area contributed by atoms with Crippen LogP contribution in [0.4, 0.5) is 13.2 Å². The number of carbonyl (C=O) groups excluding carboxylic acids is 1. The predicted octanol–water partition coefficient (Wildman–Crippen LogP) is 4.44. The predicted molar refractivity (Wildman–Crippen MR) is 108 cm³/mol. The Kier molecular flexibility index (Phi) is 8.76. The van der Waals surface area contributed by atoms with Crippen LogP contribution >= 0.6 is 15.9 Å². The summed E-state index contributed by atoms with van der Waals surface area (Å²) in [5.74, 6) is 0.599. The molecule has 10 heteroatoms. The molecule has 1 heterocycles. The van der Waals surface area contributed by atoms with Crippen LogP contribution < -0.4 is 19.5 Å². The van der Waals surface area contributed by atoms with Crippen LogP contribution in [0.5, 0.6) is 17.4 Å². The molecule has 0 radical (unpaired) electrons. The van der Waals surface area contributed by atoms with Gasteiger partial charge in [-0.1, -0.05) is 22.0 Å². The van der Waals surface area contributed by atoms with Crippen molar-refractivity contribution in [2.45, 2.75) is 33.0 Å². The van der Waals surface area contributed by atoms with Gasteiger partial charge in [0.15, 0.2) is 18.1 Å². The van der Waals surface area contributed by atoms with E-state index in [0.717, 1.165) is 0 Å². The lowest BCUT2D eigenvalue weighted by atomic mass is 10.1. The van der Waals surface area contributed by atoms with Crippen molar-refractivity contribution in [1.29, 1.82) is 0 Å². The smallest absolute Gasteiger partial charge is 0.422 e. The molecule has 0 fully saturated rings. The molecule has 0 bridgehead atoms. The minimum Gasteiger partial charge on any atom is -0.490 e. The van der Waals surface area contributed by atoms with Crippen LogP contribution in [-0.4, -0.2) is 36.9 Å². The molecule has 1 amide bonds. The molecule has 164 valence electrons. The highest BCUT2D eigenvalue weighted by atomic mass is 79.9. The minimum absolute atomic E-state index is 0.0210. The van der Waals surface area contributed by atoms with Crippen molar-refractivity contribution in [3.63, 3.8) is 0 Å². The van der Waals surface area contributed by atoms with E-state index in [2.05, 4.69) is 26.2 Å². The number of carbonyl (C=O) groups is 1. The quantitative estimate of drug-likeness (QED) is 0.533. The van der Waals surface area contributed by atoms with E-state index in [-0.39, 0.29) is 24.8 Å². The second-order valence-corrected chi connectivity index (χ2v) is 6.94. The van der Waals surface area contributed by atoms with Gasteiger partial charge in [0.25, 0.3) is 0 Å². The third kappa shape index (κ3) is 7.40. The zero-order chi connectivity index (χ0) is 22.1. The fraction of sp³-hybridized carbons (Fsp3) is 0.400. The number of ether oxygens (including phenoxy) is 3. The van der Waals surface area contributed by atoms with Crippen LogP contribution in [0.25, 0.3) is 0 Å². The van der Waals surface area contributed by atoms with Gasteiger partial charge in [-0.2, -0.15) is 13.2 Å². The van der Waals surface area contributed by atoms with Crippen molar-refractivity contribution in [2.75, 3.05) is 19.8 Å². The molecule has 0 aliphatic heterocycles. The standard InChI is InChI=1S/C20H22BrF3N2O4/c1-3-28-16-8-14(15(21)10-17(16)29-4-2)9-18(27)26-11-13-6-5-7-25-19(13)30-12-20(22,23)24/h5-8,10H,3-4,9,11-12H2,1-2H3,(H,26,27). The van der Waals surface area contributed by atoms with Gasteiger partial charge >= 0.3 is 6.18 Å². The van der Waals surface area contributed by atoms with Crippen molar-refractivity contribution in [3.05, 3.63) is 46.1 Å². The molecule has 30 heavy (non-hydrogen) atoms. The molecule has 6 nitrogen and oxygen atoms in total. The number of halogens is 4. The number of benzene rings is 1. The summed E-state index contributed by atoms with van der Waals surface area (Å²) in [5, 5.41) is 2.67. The van der Waals surface area contributed by atoms with E-state index in [4.69, 9.17) is 14.2 Å². The monoisotopic (exact) mass is 490 g/mol. The van der Waals surface area contributed by atoms with Gasteiger partial charge in [0.1, 0.15) is 0 Å². The number of hydrogen-bond acceptors (Lipinski definition) is 5. The zero-order valence-electron chi connectivity index (χ0n) is 16.5. The molecule has 1 aromatic heterocycles. The first-order valence-electron chi connectivity index (χ1n) is 9.21. The summed E-state index contributed by atoms with van der Waals surface area (Å²) in [5.41, 5.74) is 1.02. The molecule has 0 unspecified atom stereocenters. The van der Waals surface area contributed by atoms with Crippen LogP contribution in [0, 0.1) is 0 Å². The van der Waals surface area contributed by atoms with E-state index in [0.29, 0.717) is 40.3 Å². The van der Waals surface area contributed by atoms with Crippen LogP contribution in [0.3, 0.4) is 0 Å². The Balaban J connectivity index is 2.04. The average molecular weight is 491 g/mol. The molecule has 0 aliphatic carbocycles. The van der Waals surface area contributed by atoms with Crippen molar-refractivity contribution in [1.82, 2.24) is 10.3 Å². The number of pyridine rings is 1. The molecule has 1 N–H and O–H groups in total. The summed E-state index contributed by atoms with van der Waals surface area (Å²) in [4.78, 5) is 16.2. The molecular formula is C20H22BrF3N2O4. The molecule has 0 atom stereocenters. The lowest BCUT2D eigenvalue weighted by Gasteiger charge is -2.15. The fourth-order valence-electron chi connectivity index (χ4n) is 2.52. The topological polar surface area (TPSA) is 69.7 Å². The zero-order valence-corrected chi connectivity index (χ0v) is 18.1. The van der Waals surface area contributed by atoms with E-state index >= 15 is 0 Å². The number of rotatable bonds is 10. The summed E-state index contributed by atoms with van der Waals surface area (Å²) in [6.07, 6.45) is -3.12. The Hall–Kier alpha value is -2.49. The molecule has 0 spiro atoms. The second-order valence-electron chi connectivity index (χ2n) is 6.08. The van der Waals surface area contributed by atoms with E-state index in [1.807, 2.05) is 13.8 Å². The summed E-state index contributed by atoms with van der Waals surface area (Å²) in [6.45, 7) is 3.13. The van der Waals surface area contributed by atoms with Gasteiger partial charge < -0.3 is 19.5 Å². The van der Waals surface area contributed by atoms with E-state index in [1.165, 1.54) is 6.20 Å². The van der Waals surface area contributed by atoms with Gasteiger partial charge in [0.05, 0.1) is 19.6 Å². The Morgan fingerprint density at radius 1 is 1.10 bits per heavy atom. The van der Waals surface area contributed by atoms with Crippen LogP contribution in [0.2, 0.25) is 0 Å². The van der Waals surface area contributed by atoms with Crippen molar-refractivity contribution < 1.29 is 32.2 Å². The molecule has 0 aliphatic rings. The average Bonchev–Trinajstić information content (AvgIpc) is 2.68. The Morgan fingerprint density at radius 3 is 2.40 bits per heavy atom. The molecular weight excluding hydrogens is 469 g/mol. The SMILES string of the molecule is CCOc1cc(Br)c(CC(=O)NCc2cccnc2OCC(F)(F)F)cc1OCC. The largest absolute Gasteiger partial charge is 0.490 e. The molecule has 1 aromatic carbocycles. The van der Waals surface area contributed by atoms with Gasteiger partial charge in [0.2, 0.25) is 11.8 Å². The highest BCUT2D eigenvalue weighted by Crippen LogP contribution is 2.34. The van der Waals surface area contributed by atoms with Gasteiger partial charge in [-0.3, -0.25) is 4.79 Å². The third-order valence-electron chi connectivity index (χ3n) is 3.76. The first-order chi connectivity index (χ1) is 14.2. The second kappa shape index (κ2) is 11.1. The lowest BCUT2D eigenvalue weighted by molar-refractivity contribution is -0.154. The minimum atomic E-state index is -4.48. The third-order valence-corrected chi connectivity index (χ3v) is 4.50. The maximum atomic E-state index is 12.4. The van der Waals surface area contributed by atoms with Gasteiger partial charge in [-0.05, 0) is 37.6 Å². The van der Waals surface area contributed by atoms with Crippen LogP contribution in [0.15, 0.2) is 34.9 Å². The normalized spacial score (nSPS) is 11.1. The van der Waals surface area contributed by atoms with Gasteiger partial charge in [-0.15, -0.1) is 0 Å². The number of amides is 1. The maximum absolute atomic E-state index is 12.4. The molecule has 0 saturated carbocycles. The maximum Gasteiger partial charge on any atom is 0.422 e. The first kappa shape index (κ1) is 23.8. The van der Waals surface area contributed by atoms with Gasteiger partial charge in [-0.25, -0.2) is 4.98 Å². The van der Waals surface area contributed by atoms with E-state index in [9.17, 15) is 18.0 Å². The summed E-state index contributed by atoms with van der Waals surface area (Å²) in [7, 11) is 0. The van der Waals surface area contributed by atoms with E-state index in [1.54, 1.807) is 24.3 Å².